The van der Waals surface area contributed by atoms with Crippen molar-refractivity contribution in [3.05, 3.63) is 11.4 Å². The Bertz CT molecular complexity index is 769. The number of carbonyl (C=O) groups is 2. The molecule has 0 bridgehead atoms. The predicted octanol–water partition coefficient (Wildman–Crippen LogP) is 0.722. The maximum atomic E-state index is 12.5. The van der Waals surface area contributed by atoms with Gasteiger partial charge in [0.1, 0.15) is 5.60 Å². The summed E-state index contributed by atoms with van der Waals surface area (Å²) in [5, 5.41) is 10.1. The van der Waals surface area contributed by atoms with E-state index in [1.54, 1.807) is 20.8 Å². The molecule has 0 saturated carbocycles. The minimum Gasteiger partial charge on any atom is -0.444 e. The molecule has 9 nitrogen and oxygen atoms in total. The molecule has 2 saturated heterocycles. The molecule has 0 aromatic carbocycles. The Balaban J connectivity index is 2.27. The van der Waals surface area contributed by atoms with Crippen LogP contribution in [0.1, 0.15) is 34.1 Å². The van der Waals surface area contributed by atoms with Crippen molar-refractivity contribution in [2.75, 3.05) is 25.9 Å². The molecule has 27 heavy (non-hydrogen) atoms. The number of nitrogens with one attached hydrogen (secondary N) is 2. The smallest absolute Gasteiger partial charge is 0.410 e. The van der Waals surface area contributed by atoms with Crippen LogP contribution in [0.2, 0.25) is 0 Å². The van der Waals surface area contributed by atoms with Gasteiger partial charge in [0.05, 0.1) is 23.2 Å². The predicted molar refractivity (Wildman–Crippen MR) is 101 cm³/mol. The molecular formula is C17H28N4O5S. The van der Waals surface area contributed by atoms with Crippen LogP contribution in [0.15, 0.2) is 11.4 Å². The van der Waals surface area contributed by atoms with Crippen LogP contribution in [0.5, 0.6) is 0 Å². The number of allylic oxidation sites excluding steroid dienone is 1. The van der Waals surface area contributed by atoms with Gasteiger partial charge in [-0.15, -0.1) is 0 Å². The first kappa shape index (κ1) is 21.2. The summed E-state index contributed by atoms with van der Waals surface area (Å²) >= 11 is 0. The summed E-state index contributed by atoms with van der Waals surface area (Å²) < 4.78 is 29.0. The van der Waals surface area contributed by atoms with Crippen molar-refractivity contribution in [2.24, 2.45) is 0 Å². The Morgan fingerprint density at radius 2 is 2.00 bits per heavy atom. The highest BCUT2D eigenvalue weighted by atomic mass is 32.2. The van der Waals surface area contributed by atoms with Crippen molar-refractivity contribution in [2.45, 2.75) is 51.0 Å². The highest BCUT2D eigenvalue weighted by Gasteiger charge is 2.39. The number of hydrogen-bond acceptors (Lipinski definition) is 7. The normalized spacial score (nSPS) is 25.9. The molecule has 2 aliphatic rings. The minimum atomic E-state index is -3.36. The average Bonchev–Trinajstić information content (AvgIpc) is 2.90. The van der Waals surface area contributed by atoms with Gasteiger partial charge in [0.2, 0.25) is 5.91 Å². The van der Waals surface area contributed by atoms with Crippen LogP contribution in [0, 0.1) is 5.41 Å². The van der Waals surface area contributed by atoms with Gasteiger partial charge in [-0.2, -0.15) is 0 Å². The standard InChI is InChI=1S/C17H28N4O5S/c1-11-8-19-13(10-20(11)16(23)26-17(2,3)4)14(7-18)21-9-12(6-15(21)22)27(5,24)25/h7,11-12,18-19H,6,8-10H2,1-5H3/b14-13+,18-7?/t11-,12?/m0/s1. The molecule has 2 N–H and O–H groups in total. The van der Waals surface area contributed by atoms with E-state index in [1.807, 2.05) is 6.92 Å². The molecule has 2 rings (SSSR count). The Hall–Kier alpha value is -2.10. The largest absolute Gasteiger partial charge is 0.444 e. The van der Waals surface area contributed by atoms with E-state index >= 15 is 0 Å². The Kier molecular flexibility index (Phi) is 5.88. The highest BCUT2D eigenvalue weighted by molar-refractivity contribution is 7.91. The second-order valence-electron chi connectivity index (χ2n) is 8.01. The van der Waals surface area contributed by atoms with Crippen LogP contribution in [-0.4, -0.2) is 79.2 Å². The molecule has 0 spiro atoms. The molecular weight excluding hydrogens is 372 g/mol. The highest BCUT2D eigenvalue weighted by Crippen LogP contribution is 2.24. The van der Waals surface area contributed by atoms with Gasteiger partial charge in [-0.3, -0.25) is 9.69 Å². The van der Waals surface area contributed by atoms with E-state index in [9.17, 15) is 18.0 Å². The van der Waals surface area contributed by atoms with E-state index in [4.69, 9.17) is 10.1 Å². The SMILES string of the molecule is C[C@H]1CN/C(=C(\C=N)N2CC(S(C)(=O)=O)CC2=O)CN1C(=O)OC(C)(C)C. The summed E-state index contributed by atoms with van der Waals surface area (Å²) in [6.45, 7) is 7.81. The monoisotopic (exact) mass is 400 g/mol. The van der Waals surface area contributed by atoms with Crippen LogP contribution in [-0.2, 0) is 19.4 Å². The number of nitrogens with zero attached hydrogens (tertiary/aromatic N) is 2. The molecule has 1 unspecified atom stereocenters. The average molecular weight is 401 g/mol. The van der Waals surface area contributed by atoms with E-state index in [1.165, 1.54) is 9.80 Å². The molecule has 152 valence electrons. The van der Waals surface area contributed by atoms with Gasteiger partial charge < -0.3 is 20.4 Å². The van der Waals surface area contributed by atoms with Gasteiger partial charge in [0.25, 0.3) is 0 Å². The first-order valence-electron chi connectivity index (χ1n) is 8.80. The van der Waals surface area contributed by atoms with E-state index in [0.717, 1.165) is 12.5 Å². The third kappa shape index (κ3) is 5.00. The van der Waals surface area contributed by atoms with Crippen LogP contribution >= 0.6 is 0 Å². The maximum Gasteiger partial charge on any atom is 0.410 e. The summed E-state index contributed by atoms with van der Waals surface area (Å²) in [6, 6.07) is -0.131. The first-order valence-corrected chi connectivity index (χ1v) is 10.7. The van der Waals surface area contributed by atoms with Crippen molar-refractivity contribution in [1.29, 1.82) is 5.41 Å². The fourth-order valence-electron chi connectivity index (χ4n) is 3.02. The minimum absolute atomic E-state index is 0.00948. The number of carbonyl (C=O) groups excluding carboxylic acids is 2. The second kappa shape index (κ2) is 7.49. The van der Waals surface area contributed by atoms with Crippen LogP contribution in [0.4, 0.5) is 4.79 Å². The van der Waals surface area contributed by atoms with Crippen molar-refractivity contribution < 1.29 is 22.7 Å². The third-order valence-electron chi connectivity index (χ3n) is 4.53. The van der Waals surface area contributed by atoms with Gasteiger partial charge >= 0.3 is 6.09 Å². The van der Waals surface area contributed by atoms with E-state index < -0.39 is 26.8 Å². The lowest BCUT2D eigenvalue weighted by molar-refractivity contribution is -0.125. The molecule has 0 radical (unpaired) electrons. The van der Waals surface area contributed by atoms with Crippen LogP contribution < -0.4 is 5.32 Å². The molecule has 0 aromatic rings. The van der Waals surface area contributed by atoms with Crippen LogP contribution in [0.25, 0.3) is 0 Å². The van der Waals surface area contributed by atoms with Gasteiger partial charge in [0.15, 0.2) is 9.84 Å². The number of hydrogen-bond donors (Lipinski definition) is 2. The second-order valence-corrected chi connectivity index (χ2v) is 10.3. The fraction of sp³-hybridized carbons (Fsp3) is 0.706. The van der Waals surface area contributed by atoms with Crippen molar-refractivity contribution >= 4 is 28.1 Å². The van der Waals surface area contributed by atoms with Gasteiger partial charge in [-0.25, -0.2) is 13.2 Å². The number of likely N-dealkylation sites (tertiary alicyclic amines) is 1. The fourth-order valence-corrected chi connectivity index (χ4v) is 3.89. The molecule has 0 aromatic heterocycles. The lowest BCUT2D eigenvalue weighted by atomic mass is 10.1. The number of amides is 2. The van der Waals surface area contributed by atoms with Crippen LogP contribution in [0.3, 0.4) is 0 Å². The molecule has 2 fully saturated rings. The Labute approximate surface area is 160 Å². The Morgan fingerprint density at radius 1 is 1.37 bits per heavy atom. The summed E-state index contributed by atoms with van der Waals surface area (Å²) in [5.74, 6) is -0.347. The molecule has 0 aliphatic carbocycles. The lowest BCUT2D eigenvalue weighted by Gasteiger charge is -2.38. The maximum absolute atomic E-state index is 12.5. The number of sulfone groups is 1. The summed E-state index contributed by atoms with van der Waals surface area (Å²) in [6.07, 6.45) is 1.56. The topological polar surface area (TPSA) is 120 Å². The molecule has 10 heteroatoms. The van der Waals surface area contributed by atoms with Crippen molar-refractivity contribution in [3.8, 4) is 0 Å². The zero-order chi connectivity index (χ0) is 20.6. The zero-order valence-corrected chi connectivity index (χ0v) is 17.2. The number of piperazine rings is 1. The molecule has 2 amide bonds. The van der Waals surface area contributed by atoms with Crippen molar-refractivity contribution in [1.82, 2.24) is 15.1 Å². The van der Waals surface area contributed by atoms with Crippen molar-refractivity contribution in [3.63, 3.8) is 0 Å². The summed E-state index contributed by atoms with van der Waals surface area (Å²) in [5.41, 5.74) is 0.173. The first-order chi connectivity index (χ1) is 12.3. The number of rotatable bonds is 3. The van der Waals surface area contributed by atoms with Gasteiger partial charge in [-0.05, 0) is 27.7 Å². The molecule has 2 atom stereocenters. The Morgan fingerprint density at radius 3 is 2.48 bits per heavy atom. The summed E-state index contributed by atoms with van der Waals surface area (Å²) in [7, 11) is -3.36. The zero-order valence-electron chi connectivity index (χ0n) is 16.4. The van der Waals surface area contributed by atoms with E-state index in [2.05, 4.69) is 5.32 Å². The lowest BCUT2D eigenvalue weighted by Crippen LogP contribution is -2.53. The third-order valence-corrected chi connectivity index (χ3v) is 6.06. The van der Waals surface area contributed by atoms with E-state index in [0.29, 0.717) is 12.2 Å². The van der Waals surface area contributed by atoms with E-state index in [-0.39, 0.29) is 37.2 Å². The van der Waals surface area contributed by atoms with Gasteiger partial charge in [0, 0.05) is 38.0 Å². The quantitative estimate of drug-likeness (QED) is 0.674. The number of ether oxygens (including phenoxy) is 1. The van der Waals surface area contributed by atoms with Gasteiger partial charge in [-0.1, -0.05) is 0 Å². The molecule has 2 heterocycles. The summed E-state index contributed by atoms with van der Waals surface area (Å²) in [4.78, 5) is 27.7. The molecule has 2 aliphatic heterocycles.